The van der Waals surface area contributed by atoms with Crippen molar-refractivity contribution in [3.8, 4) is 5.75 Å². The molecule has 0 unspecified atom stereocenters. The fourth-order valence-electron chi connectivity index (χ4n) is 1.31. The lowest BCUT2D eigenvalue weighted by Gasteiger charge is -2.14. The maximum absolute atomic E-state index is 10.7. The van der Waals surface area contributed by atoms with Crippen LogP contribution in [0, 0.1) is 0 Å². The third-order valence-electron chi connectivity index (χ3n) is 2.01. The molecule has 0 saturated heterocycles. The number of carboxylic acid groups (broad SMARTS) is 1. The molecule has 1 aliphatic heterocycles. The summed E-state index contributed by atoms with van der Waals surface area (Å²) in [6, 6.07) is 5.15. The van der Waals surface area contributed by atoms with Crippen LogP contribution in [-0.4, -0.2) is 11.1 Å². The van der Waals surface area contributed by atoms with Crippen molar-refractivity contribution in [1.82, 2.24) is 0 Å². The molecular weight excluding hydrogens is 204 g/mol. The van der Waals surface area contributed by atoms with Gasteiger partial charge in [-0.3, -0.25) is 0 Å². The van der Waals surface area contributed by atoms with Crippen LogP contribution in [0.2, 0.25) is 5.02 Å². The van der Waals surface area contributed by atoms with E-state index in [1.165, 1.54) is 6.26 Å². The highest BCUT2D eigenvalue weighted by Gasteiger charge is 2.17. The van der Waals surface area contributed by atoms with Crippen molar-refractivity contribution in [2.45, 2.75) is 6.42 Å². The van der Waals surface area contributed by atoms with E-state index in [4.69, 9.17) is 21.4 Å². The van der Waals surface area contributed by atoms with Gasteiger partial charge >= 0.3 is 5.97 Å². The molecule has 0 bridgehead atoms. The number of hydrogen-bond donors (Lipinski definition) is 1. The zero-order valence-corrected chi connectivity index (χ0v) is 7.91. The molecule has 2 rings (SSSR count). The Balaban J connectivity index is 2.35. The second-order valence-corrected chi connectivity index (χ2v) is 3.43. The Morgan fingerprint density at radius 2 is 2.29 bits per heavy atom. The van der Waals surface area contributed by atoms with Crippen molar-refractivity contribution in [3.63, 3.8) is 0 Å². The molecule has 0 amide bonds. The standard InChI is InChI=1S/C10H7ClO3/c11-8-1-2-9-6(4-8)3-7(5-14-9)10(12)13/h1-2,4-5H,3H2,(H,12,13). The summed E-state index contributed by atoms with van der Waals surface area (Å²) in [4.78, 5) is 10.7. The van der Waals surface area contributed by atoms with Crippen molar-refractivity contribution in [1.29, 1.82) is 0 Å². The normalized spacial score (nSPS) is 13.9. The van der Waals surface area contributed by atoms with E-state index < -0.39 is 5.97 Å². The van der Waals surface area contributed by atoms with Gasteiger partial charge in [0.2, 0.25) is 0 Å². The van der Waals surface area contributed by atoms with Gasteiger partial charge in [-0.2, -0.15) is 0 Å². The molecule has 1 heterocycles. The predicted molar refractivity (Wildman–Crippen MR) is 51.5 cm³/mol. The van der Waals surface area contributed by atoms with E-state index in [-0.39, 0.29) is 5.57 Å². The van der Waals surface area contributed by atoms with Crippen molar-refractivity contribution < 1.29 is 14.6 Å². The molecular formula is C10H7ClO3. The molecule has 1 aromatic rings. The van der Waals surface area contributed by atoms with Gasteiger partial charge in [0.15, 0.2) is 0 Å². The largest absolute Gasteiger partial charge is 0.478 e. The van der Waals surface area contributed by atoms with E-state index in [0.717, 1.165) is 5.56 Å². The molecule has 14 heavy (non-hydrogen) atoms. The predicted octanol–water partition coefficient (Wildman–Crippen LogP) is 2.24. The third-order valence-corrected chi connectivity index (χ3v) is 2.24. The van der Waals surface area contributed by atoms with Crippen LogP contribution in [0.15, 0.2) is 30.0 Å². The van der Waals surface area contributed by atoms with E-state index in [1.54, 1.807) is 18.2 Å². The summed E-state index contributed by atoms with van der Waals surface area (Å²) in [5.74, 6) is -0.296. The maximum atomic E-state index is 10.7. The minimum Gasteiger partial charge on any atom is -0.478 e. The first-order valence-corrected chi connectivity index (χ1v) is 4.42. The fraction of sp³-hybridized carbons (Fsp3) is 0.100. The zero-order chi connectivity index (χ0) is 10.1. The number of fused-ring (bicyclic) bond motifs is 1. The Hall–Kier alpha value is -1.48. The van der Waals surface area contributed by atoms with Crippen molar-refractivity contribution in [3.05, 3.63) is 40.6 Å². The lowest BCUT2D eigenvalue weighted by Crippen LogP contribution is -2.10. The molecule has 1 aromatic carbocycles. The number of rotatable bonds is 1. The van der Waals surface area contributed by atoms with E-state index >= 15 is 0 Å². The van der Waals surface area contributed by atoms with E-state index in [9.17, 15) is 4.79 Å². The number of hydrogen-bond acceptors (Lipinski definition) is 2. The van der Waals surface area contributed by atoms with Crippen LogP contribution < -0.4 is 4.74 Å². The van der Waals surface area contributed by atoms with Crippen molar-refractivity contribution in [2.24, 2.45) is 0 Å². The monoisotopic (exact) mass is 210 g/mol. The highest BCUT2D eigenvalue weighted by atomic mass is 35.5. The summed E-state index contributed by atoms with van der Waals surface area (Å²) < 4.78 is 5.15. The Bertz CT molecular complexity index is 423. The van der Waals surface area contributed by atoms with Gasteiger partial charge in [-0.15, -0.1) is 0 Å². The highest BCUT2D eigenvalue weighted by Crippen LogP contribution is 2.28. The summed E-state index contributed by atoms with van der Waals surface area (Å²) >= 11 is 5.78. The number of carboxylic acids is 1. The maximum Gasteiger partial charge on any atom is 0.335 e. The minimum absolute atomic E-state index is 0.236. The molecule has 0 radical (unpaired) electrons. The lowest BCUT2D eigenvalue weighted by molar-refractivity contribution is -0.132. The molecule has 0 saturated carbocycles. The molecule has 1 aliphatic rings. The molecule has 0 aliphatic carbocycles. The summed E-state index contributed by atoms with van der Waals surface area (Å²) in [5.41, 5.74) is 1.04. The first kappa shape index (κ1) is 9.09. The number of aliphatic carboxylic acids is 1. The number of halogens is 1. The van der Waals surface area contributed by atoms with Crippen molar-refractivity contribution in [2.75, 3.05) is 0 Å². The second-order valence-electron chi connectivity index (χ2n) is 2.99. The van der Waals surface area contributed by atoms with Crippen molar-refractivity contribution >= 4 is 17.6 Å². The molecule has 0 fully saturated rings. The first-order chi connectivity index (χ1) is 6.66. The van der Waals surface area contributed by atoms with Crippen LogP contribution in [-0.2, 0) is 11.2 Å². The number of carbonyl (C=O) groups is 1. The van der Waals surface area contributed by atoms with Crippen LogP contribution in [0.4, 0.5) is 0 Å². The first-order valence-electron chi connectivity index (χ1n) is 4.04. The molecule has 0 aromatic heterocycles. The zero-order valence-electron chi connectivity index (χ0n) is 7.16. The van der Waals surface area contributed by atoms with Gasteiger partial charge < -0.3 is 9.84 Å². The van der Waals surface area contributed by atoms with Crippen LogP contribution >= 0.6 is 11.6 Å². The SMILES string of the molecule is O=C(O)C1=COc2ccc(Cl)cc2C1. The molecule has 3 nitrogen and oxygen atoms in total. The Morgan fingerprint density at radius 3 is 3.00 bits per heavy atom. The minimum atomic E-state index is -0.962. The third kappa shape index (κ3) is 1.59. The highest BCUT2D eigenvalue weighted by molar-refractivity contribution is 6.30. The number of ether oxygens (including phenoxy) is 1. The smallest absolute Gasteiger partial charge is 0.335 e. The quantitative estimate of drug-likeness (QED) is 0.773. The topological polar surface area (TPSA) is 46.5 Å². The average molecular weight is 211 g/mol. The van der Waals surface area contributed by atoms with Gasteiger partial charge in [-0.1, -0.05) is 11.6 Å². The summed E-state index contributed by atoms with van der Waals surface area (Å²) in [5, 5.41) is 9.33. The van der Waals surface area contributed by atoms with Gasteiger partial charge in [0.1, 0.15) is 12.0 Å². The van der Waals surface area contributed by atoms with Crippen LogP contribution in [0.1, 0.15) is 5.56 Å². The Labute approximate surface area is 85.6 Å². The summed E-state index contributed by atoms with van der Waals surface area (Å²) in [6.45, 7) is 0. The second kappa shape index (κ2) is 3.35. The van der Waals surface area contributed by atoms with Crippen LogP contribution in [0.25, 0.3) is 0 Å². The lowest BCUT2D eigenvalue weighted by atomic mass is 10.0. The van der Waals surface area contributed by atoms with Gasteiger partial charge in [-0.25, -0.2) is 4.79 Å². The van der Waals surface area contributed by atoms with Crippen LogP contribution in [0.3, 0.4) is 0 Å². The molecule has 72 valence electrons. The summed E-state index contributed by atoms with van der Waals surface area (Å²) in [6.07, 6.45) is 1.61. The van der Waals surface area contributed by atoms with Gasteiger partial charge in [0, 0.05) is 17.0 Å². The molecule has 1 N–H and O–H groups in total. The van der Waals surface area contributed by atoms with E-state index in [0.29, 0.717) is 17.2 Å². The molecule has 4 heteroatoms. The van der Waals surface area contributed by atoms with Gasteiger partial charge in [0.05, 0.1) is 5.57 Å². The molecule has 0 spiro atoms. The van der Waals surface area contributed by atoms with Gasteiger partial charge in [0.25, 0.3) is 0 Å². The van der Waals surface area contributed by atoms with Crippen LogP contribution in [0.5, 0.6) is 5.75 Å². The van der Waals surface area contributed by atoms with Gasteiger partial charge in [-0.05, 0) is 18.2 Å². The summed E-state index contributed by atoms with van der Waals surface area (Å²) in [7, 11) is 0. The van der Waals surface area contributed by atoms with E-state index in [2.05, 4.69) is 0 Å². The fourth-order valence-corrected chi connectivity index (χ4v) is 1.50. The Kier molecular flexibility index (Phi) is 2.17. The average Bonchev–Trinajstić information content (AvgIpc) is 2.16. The van der Waals surface area contributed by atoms with E-state index in [1.807, 2.05) is 0 Å². The number of benzene rings is 1. The molecule has 0 atom stereocenters. The Morgan fingerprint density at radius 1 is 1.50 bits per heavy atom.